The standard InChI is InChI=1S/C10H17Cl/c1-9(7-8-11)10-5-3-2-4-6-10/h7,10H,2-6,8H2,1H3/b9-7+. The lowest BCUT2D eigenvalue weighted by molar-refractivity contribution is 0.402. The first-order valence-electron chi connectivity index (χ1n) is 4.57. The predicted octanol–water partition coefficient (Wildman–Crippen LogP) is 3.75. The van der Waals surface area contributed by atoms with Crippen molar-refractivity contribution in [2.24, 2.45) is 5.92 Å². The molecule has 1 saturated carbocycles. The summed E-state index contributed by atoms with van der Waals surface area (Å²) in [7, 11) is 0. The second-order valence-electron chi connectivity index (χ2n) is 3.44. The van der Waals surface area contributed by atoms with Crippen LogP contribution >= 0.6 is 11.6 Å². The topological polar surface area (TPSA) is 0 Å². The van der Waals surface area contributed by atoms with Gasteiger partial charge in [0.05, 0.1) is 0 Å². The van der Waals surface area contributed by atoms with E-state index in [9.17, 15) is 0 Å². The van der Waals surface area contributed by atoms with Gasteiger partial charge in [0.25, 0.3) is 0 Å². The Morgan fingerprint density at radius 1 is 1.36 bits per heavy atom. The molecule has 11 heavy (non-hydrogen) atoms. The highest BCUT2D eigenvalue weighted by molar-refractivity contribution is 6.18. The minimum Gasteiger partial charge on any atom is -0.122 e. The van der Waals surface area contributed by atoms with E-state index in [1.54, 1.807) is 0 Å². The van der Waals surface area contributed by atoms with Crippen LogP contribution in [-0.4, -0.2) is 5.88 Å². The van der Waals surface area contributed by atoms with Gasteiger partial charge in [-0.05, 0) is 25.7 Å². The molecule has 0 atom stereocenters. The summed E-state index contributed by atoms with van der Waals surface area (Å²) in [5, 5.41) is 0. The molecule has 0 aromatic heterocycles. The Hall–Kier alpha value is 0.0300. The van der Waals surface area contributed by atoms with Gasteiger partial charge in [0.15, 0.2) is 0 Å². The van der Waals surface area contributed by atoms with Gasteiger partial charge in [0.1, 0.15) is 0 Å². The summed E-state index contributed by atoms with van der Waals surface area (Å²) in [6.45, 7) is 2.22. The number of allylic oxidation sites excluding steroid dienone is 2. The van der Waals surface area contributed by atoms with Crippen molar-refractivity contribution in [1.82, 2.24) is 0 Å². The molecule has 1 fully saturated rings. The molecule has 0 aliphatic heterocycles. The molecule has 0 amide bonds. The second-order valence-corrected chi connectivity index (χ2v) is 3.75. The molecule has 1 aliphatic rings. The Kier molecular flexibility index (Phi) is 3.99. The molecular formula is C10H17Cl. The van der Waals surface area contributed by atoms with E-state index in [-0.39, 0.29) is 0 Å². The zero-order valence-corrected chi connectivity index (χ0v) is 8.03. The van der Waals surface area contributed by atoms with Crippen LogP contribution in [0.1, 0.15) is 39.0 Å². The Morgan fingerprint density at radius 3 is 2.55 bits per heavy atom. The van der Waals surface area contributed by atoms with E-state index < -0.39 is 0 Å². The van der Waals surface area contributed by atoms with Gasteiger partial charge in [0.2, 0.25) is 0 Å². The molecule has 0 bridgehead atoms. The van der Waals surface area contributed by atoms with Crippen LogP contribution in [0.3, 0.4) is 0 Å². The van der Waals surface area contributed by atoms with E-state index in [4.69, 9.17) is 11.6 Å². The summed E-state index contributed by atoms with van der Waals surface area (Å²) in [6.07, 6.45) is 9.21. The molecule has 0 nitrogen and oxygen atoms in total. The van der Waals surface area contributed by atoms with Crippen molar-refractivity contribution in [3.05, 3.63) is 11.6 Å². The summed E-state index contributed by atoms with van der Waals surface area (Å²) in [5.74, 6) is 1.53. The third-order valence-corrected chi connectivity index (χ3v) is 2.80. The van der Waals surface area contributed by atoms with Crippen molar-refractivity contribution >= 4 is 11.6 Å². The number of halogens is 1. The highest BCUT2D eigenvalue weighted by atomic mass is 35.5. The zero-order valence-electron chi connectivity index (χ0n) is 7.28. The molecule has 0 heterocycles. The molecule has 0 aromatic rings. The van der Waals surface area contributed by atoms with Gasteiger partial charge in [-0.3, -0.25) is 0 Å². The first-order valence-corrected chi connectivity index (χ1v) is 5.10. The molecule has 1 rings (SSSR count). The highest BCUT2D eigenvalue weighted by Crippen LogP contribution is 2.29. The van der Waals surface area contributed by atoms with Gasteiger partial charge in [0, 0.05) is 5.88 Å². The van der Waals surface area contributed by atoms with Crippen LogP contribution in [0.2, 0.25) is 0 Å². The normalized spacial score (nSPS) is 22.2. The van der Waals surface area contributed by atoms with Crippen LogP contribution in [0.25, 0.3) is 0 Å². The molecule has 64 valence electrons. The summed E-state index contributed by atoms with van der Waals surface area (Å²) < 4.78 is 0. The Morgan fingerprint density at radius 2 is 2.00 bits per heavy atom. The predicted molar refractivity (Wildman–Crippen MR) is 51.1 cm³/mol. The van der Waals surface area contributed by atoms with Gasteiger partial charge in [-0.15, -0.1) is 11.6 Å². The van der Waals surface area contributed by atoms with Crippen molar-refractivity contribution in [2.75, 3.05) is 5.88 Å². The fourth-order valence-electron chi connectivity index (χ4n) is 1.85. The summed E-state index contributed by atoms with van der Waals surface area (Å²) in [5.41, 5.74) is 1.51. The summed E-state index contributed by atoms with van der Waals surface area (Å²) in [6, 6.07) is 0. The SMILES string of the molecule is C/C(=C\CCl)C1CCCCC1. The number of hydrogen-bond acceptors (Lipinski definition) is 0. The summed E-state index contributed by atoms with van der Waals surface area (Å²) >= 11 is 5.64. The maximum Gasteiger partial charge on any atom is 0.0406 e. The van der Waals surface area contributed by atoms with Crippen molar-refractivity contribution in [1.29, 1.82) is 0 Å². The van der Waals surface area contributed by atoms with E-state index in [0.29, 0.717) is 5.88 Å². The molecule has 0 spiro atoms. The van der Waals surface area contributed by atoms with Crippen LogP contribution in [0, 0.1) is 5.92 Å². The van der Waals surface area contributed by atoms with E-state index in [2.05, 4.69) is 13.0 Å². The van der Waals surface area contributed by atoms with E-state index >= 15 is 0 Å². The third-order valence-electron chi connectivity index (χ3n) is 2.65. The molecule has 0 saturated heterocycles. The lowest BCUT2D eigenvalue weighted by Gasteiger charge is -2.22. The summed E-state index contributed by atoms with van der Waals surface area (Å²) in [4.78, 5) is 0. The van der Waals surface area contributed by atoms with Crippen LogP contribution in [0.5, 0.6) is 0 Å². The minimum atomic E-state index is 0.683. The van der Waals surface area contributed by atoms with Crippen molar-refractivity contribution in [3.63, 3.8) is 0 Å². The van der Waals surface area contributed by atoms with Gasteiger partial charge >= 0.3 is 0 Å². The number of alkyl halides is 1. The van der Waals surface area contributed by atoms with E-state index in [1.165, 1.54) is 37.7 Å². The van der Waals surface area contributed by atoms with Gasteiger partial charge in [-0.1, -0.05) is 30.9 Å². The number of rotatable bonds is 2. The van der Waals surface area contributed by atoms with Crippen molar-refractivity contribution < 1.29 is 0 Å². The first-order chi connectivity index (χ1) is 5.34. The lowest BCUT2D eigenvalue weighted by atomic mass is 9.84. The smallest absolute Gasteiger partial charge is 0.0406 e. The van der Waals surface area contributed by atoms with Gasteiger partial charge in [-0.2, -0.15) is 0 Å². The molecule has 1 heteroatoms. The molecule has 0 aromatic carbocycles. The van der Waals surface area contributed by atoms with E-state index in [0.717, 1.165) is 5.92 Å². The molecule has 0 radical (unpaired) electrons. The van der Waals surface area contributed by atoms with Crippen LogP contribution < -0.4 is 0 Å². The minimum absolute atomic E-state index is 0.683. The Bertz CT molecular complexity index is 132. The first kappa shape index (κ1) is 9.12. The molecular weight excluding hydrogens is 156 g/mol. The monoisotopic (exact) mass is 172 g/mol. The van der Waals surface area contributed by atoms with Crippen LogP contribution in [0.4, 0.5) is 0 Å². The fraction of sp³-hybridized carbons (Fsp3) is 0.800. The third kappa shape index (κ3) is 2.86. The lowest BCUT2D eigenvalue weighted by Crippen LogP contribution is -2.07. The van der Waals surface area contributed by atoms with E-state index in [1.807, 2.05) is 0 Å². The Labute approximate surface area is 74.6 Å². The van der Waals surface area contributed by atoms with Crippen LogP contribution in [-0.2, 0) is 0 Å². The largest absolute Gasteiger partial charge is 0.122 e. The maximum absolute atomic E-state index is 5.64. The van der Waals surface area contributed by atoms with Gasteiger partial charge < -0.3 is 0 Å². The Balaban J connectivity index is 2.38. The average molecular weight is 173 g/mol. The molecule has 0 unspecified atom stereocenters. The second kappa shape index (κ2) is 4.82. The highest BCUT2D eigenvalue weighted by Gasteiger charge is 2.13. The molecule has 0 N–H and O–H groups in total. The number of hydrogen-bond donors (Lipinski definition) is 0. The average Bonchev–Trinajstić information content (AvgIpc) is 2.07. The maximum atomic E-state index is 5.64. The zero-order chi connectivity index (χ0) is 8.10. The van der Waals surface area contributed by atoms with Crippen molar-refractivity contribution in [3.8, 4) is 0 Å². The fourth-order valence-corrected chi connectivity index (χ4v) is 2.09. The van der Waals surface area contributed by atoms with Crippen LogP contribution in [0.15, 0.2) is 11.6 Å². The van der Waals surface area contributed by atoms with Crippen molar-refractivity contribution in [2.45, 2.75) is 39.0 Å². The molecule has 1 aliphatic carbocycles. The quantitative estimate of drug-likeness (QED) is 0.440. The van der Waals surface area contributed by atoms with Gasteiger partial charge in [-0.25, -0.2) is 0 Å².